The molecule has 1 aliphatic carbocycles. The van der Waals surface area contributed by atoms with Crippen molar-refractivity contribution in [2.75, 3.05) is 44.8 Å². The Hall–Kier alpha value is -0.700. The van der Waals surface area contributed by atoms with E-state index in [-0.39, 0.29) is 18.0 Å². The van der Waals surface area contributed by atoms with Gasteiger partial charge in [0.2, 0.25) is 10.0 Å². The summed E-state index contributed by atoms with van der Waals surface area (Å²) < 4.78 is 46.8. The van der Waals surface area contributed by atoms with Crippen molar-refractivity contribution < 1.29 is 17.5 Å². The lowest BCUT2D eigenvalue weighted by Crippen LogP contribution is -2.41. The smallest absolute Gasteiger partial charge is 0.246 e. The first kappa shape index (κ1) is 17.1. The van der Waals surface area contributed by atoms with Crippen molar-refractivity contribution in [1.29, 1.82) is 0 Å². The number of rotatable bonds is 5. The van der Waals surface area contributed by atoms with Gasteiger partial charge in [-0.25, -0.2) is 12.8 Å². The third-order valence-corrected chi connectivity index (χ3v) is 6.78. The van der Waals surface area contributed by atoms with Gasteiger partial charge in [-0.2, -0.15) is 4.31 Å². The quantitative estimate of drug-likeness (QED) is 0.753. The van der Waals surface area contributed by atoms with Crippen LogP contribution in [-0.2, 0) is 14.8 Å². The number of halogens is 2. The lowest BCUT2D eigenvalue weighted by molar-refractivity contribution is 0.0729. The molecule has 2 fully saturated rings. The lowest BCUT2D eigenvalue weighted by atomic mass is 10.2. The number of benzene rings is 1. The molecule has 1 aromatic carbocycles. The van der Waals surface area contributed by atoms with E-state index in [1.807, 2.05) is 11.9 Å². The van der Waals surface area contributed by atoms with Gasteiger partial charge in [-0.3, -0.25) is 0 Å². The highest BCUT2D eigenvalue weighted by Crippen LogP contribution is 2.35. The maximum atomic E-state index is 14.5. The van der Waals surface area contributed by atoms with Gasteiger partial charge in [-0.15, -0.1) is 0 Å². The number of anilines is 1. The van der Waals surface area contributed by atoms with Gasteiger partial charge in [0.05, 0.1) is 18.9 Å². The fourth-order valence-corrected chi connectivity index (χ4v) is 5.00. The van der Waals surface area contributed by atoms with E-state index in [2.05, 4.69) is 15.9 Å². The standard InChI is InChI=1S/C15H20BrFN2O3S/c1-18(10-11-2-3-11)14-9-13(17)15(8-12(14)16)23(20,21)19-4-6-22-7-5-19/h8-9,11H,2-7,10H2,1H3. The molecular weight excluding hydrogens is 387 g/mol. The Kier molecular flexibility index (Phi) is 4.96. The molecule has 1 saturated heterocycles. The van der Waals surface area contributed by atoms with E-state index in [1.165, 1.54) is 29.3 Å². The summed E-state index contributed by atoms with van der Waals surface area (Å²) in [6.45, 7) is 2.04. The third kappa shape index (κ3) is 3.70. The van der Waals surface area contributed by atoms with Crippen LogP contribution in [0.4, 0.5) is 10.1 Å². The van der Waals surface area contributed by atoms with Crippen LogP contribution in [0.1, 0.15) is 12.8 Å². The van der Waals surface area contributed by atoms with Crippen molar-refractivity contribution >= 4 is 31.6 Å². The van der Waals surface area contributed by atoms with Gasteiger partial charge in [0, 0.05) is 31.2 Å². The molecular formula is C15H20BrFN2O3S. The van der Waals surface area contributed by atoms with Crippen molar-refractivity contribution in [1.82, 2.24) is 4.31 Å². The number of hydrogen-bond acceptors (Lipinski definition) is 4. The van der Waals surface area contributed by atoms with Gasteiger partial charge in [0.1, 0.15) is 10.7 Å². The Morgan fingerprint density at radius 1 is 1.35 bits per heavy atom. The molecule has 23 heavy (non-hydrogen) atoms. The summed E-state index contributed by atoms with van der Waals surface area (Å²) in [5.74, 6) is -0.0518. The zero-order valence-corrected chi connectivity index (χ0v) is 15.4. The van der Waals surface area contributed by atoms with Gasteiger partial charge in [0.25, 0.3) is 0 Å². The van der Waals surface area contributed by atoms with E-state index in [0.717, 1.165) is 6.54 Å². The summed E-state index contributed by atoms with van der Waals surface area (Å²) in [5, 5.41) is 0. The monoisotopic (exact) mass is 406 g/mol. The number of hydrogen-bond donors (Lipinski definition) is 0. The molecule has 0 spiro atoms. The molecule has 0 unspecified atom stereocenters. The Morgan fingerprint density at radius 2 is 2.00 bits per heavy atom. The normalized spacial score (nSPS) is 19.8. The number of morpholine rings is 1. The third-order valence-electron chi connectivity index (χ3n) is 4.23. The van der Waals surface area contributed by atoms with Crippen LogP contribution >= 0.6 is 15.9 Å². The number of ether oxygens (including phenoxy) is 1. The molecule has 1 saturated carbocycles. The van der Waals surface area contributed by atoms with Gasteiger partial charge < -0.3 is 9.64 Å². The van der Waals surface area contributed by atoms with Crippen LogP contribution in [0.25, 0.3) is 0 Å². The first-order valence-electron chi connectivity index (χ1n) is 7.67. The zero-order chi connectivity index (χ0) is 16.6. The van der Waals surface area contributed by atoms with Crippen LogP contribution in [0, 0.1) is 11.7 Å². The molecule has 8 heteroatoms. The molecule has 0 bridgehead atoms. The minimum Gasteiger partial charge on any atom is -0.379 e. The van der Waals surface area contributed by atoms with Crippen molar-refractivity contribution in [3.05, 3.63) is 22.4 Å². The van der Waals surface area contributed by atoms with E-state index in [4.69, 9.17) is 4.74 Å². The van der Waals surface area contributed by atoms with Gasteiger partial charge in [0.15, 0.2) is 0 Å². The van der Waals surface area contributed by atoms with Crippen molar-refractivity contribution in [2.24, 2.45) is 5.92 Å². The molecule has 3 rings (SSSR count). The molecule has 5 nitrogen and oxygen atoms in total. The Balaban J connectivity index is 1.89. The molecule has 1 aromatic rings. The molecule has 1 heterocycles. The van der Waals surface area contributed by atoms with Crippen LogP contribution in [0.3, 0.4) is 0 Å². The lowest BCUT2D eigenvalue weighted by Gasteiger charge is -2.27. The van der Waals surface area contributed by atoms with Crippen molar-refractivity contribution in [3.63, 3.8) is 0 Å². The van der Waals surface area contributed by atoms with E-state index in [1.54, 1.807) is 0 Å². The predicted molar refractivity (Wildman–Crippen MR) is 89.7 cm³/mol. The highest BCUT2D eigenvalue weighted by Gasteiger charge is 2.30. The maximum absolute atomic E-state index is 14.5. The second-order valence-corrected chi connectivity index (χ2v) is 8.84. The molecule has 2 aliphatic rings. The number of sulfonamides is 1. The topological polar surface area (TPSA) is 49.9 Å². The van der Waals surface area contributed by atoms with Gasteiger partial charge in [-0.05, 0) is 46.8 Å². The minimum absolute atomic E-state index is 0.253. The minimum atomic E-state index is -3.84. The highest BCUT2D eigenvalue weighted by atomic mass is 79.9. The summed E-state index contributed by atoms with van der Waals surface area (Å²) in [7, 11) is -1.94. The average Bonchev–Trinajstić information content (AvgIpc) is 3.33. The van der Waals surface area contributed by atoms with E-state index >= 15 is 0 Å². The highest BCUT2D eigenvalue weighted by molar-refractivity contribution is 9.10. The predicted octanol–water partition coefficient (Wildman–Crippen LogP) is 2.46. The fraction of sp³-hybridized carbons (Fsp3) is 0.600. The summed E-state index contributed by atoms with van der Waals surface area (Å²) in [4.78, 5) is 1.69. The average molecular weight is 407 g/mol. The van der Waals surface area contributed by atoms with Crippen LogP contribution in [0.5, 0.6) is 0 Å². The Labute approximate surface area is 144 Å². The Morgan fingerprint density at radius 3 is 2.61 bits per heavy atom. The molecule has 0 N–H and O–H groups in total. The molecule has 1 aliphatic heterocycles. The van der Waals surface area contributed by atoms with Crippen molar-refractivity contribution in [2.45, 2.75) is 17.7 Å². The zero-order valence-electron chi connectivity index (χ0n) is 13.0. The van der Waals surface area contributed by atoms with Gasteiger partial charge in [-0.1, -0.05) is 0 Å². The van der Waals surface area contributed by atoms with E-state index < -0.39 is 15.8 Å². The van der Waals surface area contributed by atoms with E-state index in [0.29, 0.717) is 29.3 Å². The second-order valence-electron chi connectivity index (χ2n) is 6.07. The van der Waals surface area contributed by atoms with Crippen LogP contribution in [-0.4, -0.2) is 52.6 Å². The molecule has 0 amide bonds. The molecule has 0 radical (unpaired) electrons. The summed E-state index contributed by atoms with van der Waals surface area (Å²) >= 11 is 3.39. The largest absolute Gasteiger partial charge is 0.379 e. The number of nitrogens with zero attached hydrogens (tertiary/aromatic N) is 2. The summed E-state index contributed by atoms with van der Waals surface area (Å²) in [6.07, 6.45) is 2.40. The van der Waals surface area contributed by atoms with Gasteiger partial charge >= 0.3 is 0 Å². The maximum Gasteiger partial charge on any atom is 0.246 e. The second kappa shape index (κ2) is 6.66. The Bertz CT molecular complexity index is 688. The fourth-order valence-electron chi connectivity index (χ4n) is 2.72. The van der Waals surface area contributed by atoms with Crippen LogP contribution in [0.2, 0.25) is 0 Å². The van der Waals surface area contributed by atoms with E-state index in [9.17, 15) is 12.8 Å². The molecule has 0 atom stereocenters. The van der Waals surface area contributed by atoms with Crippen LogP contribution < -0.4 is 4.90 Å². The van der Waals surface area contributed by atoms with Crippen molar-refractivity contribution in [3.8, 4) is 0 Å². The first-order chi connectivity index (χ1) is 10.9. The summed E-state index contributed by atoms with van der Waals surface area (Å²) in [6, 6.07) is 2.68. The summed E-state index contributed by atoms with van der Waals surface area (Å²) in [5.41, 5.74) is 0.676. The van der Waals surface area contributed by atoms with Crippen LogP contribution in [0.15, 0.2) is 21.5 Å². The molecule has 0 aromatic heterocycles. The molecule has 128 valence electrons. The SMILES string of the molecule is CN(CC1CC1)c1cc(F)c(S(=O)(=O)N2CCOCC2)cc1Br. The first-order valence-corrected chi connectivity index (χ1v) is 9.91.